The van der Waals surface area contributed by atoms with Gasteiger partial charge in [-0.15, -0.1) is 0 Å². The lowest BCUT2D eigenvalue weighted by atomic mass is 10.1. The second-order valence-electron chi connectivity index (χ2n) is 4.94. The molecule has 1 fully saturated rings. The summed E-state index contributed by atoms with van der Waals surface area (Å²) in [5.41, 5.74) is 0.479. The predicted molar refractivity (Wildman–Crippen MR) is 85.4 cm³/mol. The van der Waals surface area contributed by atoms with Crippen LogP contribution in [0.15, 0.2) is 18.2 Å². The number of rotatable bonds is 4. The molecule has 1 amide bonds. The maximum atomic E-state index is 12.3. The molecule has 0 radical (unpaired) electrons. The maximum Gasteiger partial charge on any atom is 0.304 e. The van der Waals surface area contributed by atoms with E-state index in [9.17, 15) is 14.7 Å². The molecule has 0 saturated carbocycles. The Hall–Kier alpha value is -1.35. The number of hydrogen-bond donors (Lipinski definition) is 2. The molecule has 7 heteroatoms. The number of carboxylic acid groups (broad SMARTS) is 1. The first-order chi connectivity index (χ1) is 9.97. The maximum absolute atomic E-state index is 12.3. The summed E-state index contributed by atoms with van der Waals surface area (Å²) in [6, 6.07) is 4.91. The van der Waals surface area contributed by atoms with E-state index in [1.54, 1.807) is 17.0 Å². The van der Waals surface area contributed by atoms with Gasteiger partial charge in [0.25, 0.3) is 5.91 Å². The molecule has 21 heavy (non-hydrogen) atoms. The average molecular weight is 404 g/mol. The molecule has 114 valence electrons. The fourth-order valence-electron chi connectivity index (χ4n) is 2.26. The number of aliphatic carboxylic acids is 1. The number of halogens is 1. The predicted octanol–water partition coefficient (Wildman–Crippen LogP) is 1.23. The number of carboxylic acids is 1. The number of piperazine rings is 1. The minimum absolute atomic E-state index is 0.0976. The molecule has 1 saturated heterocycles. The fourth-order valence-corrected chi connectivity index (χ4v) is 2.59. The highest BCUT2D eigenvalue weighted by atomic mass is 127. The molecule has 2 N–H and O–H groups in total. The summed E-state index contributed by atoms with van der Waals surface area (Å²) >= 11 is 2.01. The van der Waals surface area contributed by atoms with Crippen LogP contribution in [0.4, 0.5) is 0 Å². The van der Waals surface area contributed by atoms with Gasteiger partial charge in [-0.25, -0.2) is 0 Å². The summed E-state index contributed by atoms with van der Waals surface area (Å²) in [6.45, 7) is 3.02. The van der Waals surface area contributed by atoms with E-state index in [1.165, 1.54) is 6.07 Å². The van der Waals surface area contributed by atoms with Gasteiger partial charge in [0, 0.05) is 38.3 Å². The first-order valence-electron chi connectivity index (χ1n) is 6.69. The molecule has 6 nitrogen and oxygen atoms in total. The minimum atomic E-state index is -0.803. The summed E-state index contributed by atoms with van der Waals surface area (Å²) in [4.78, 5) is 26.7. The van der Waals surface area contributed by atoms with Crippen molar-refractivity contribution in [3.63, 3.8) is 0 Å². The topological polar surface area (TPSA) is 81.1 Å². The summed E-state index contributed by atoms with van der Waals surface area (Å²) in [5.74, 6) is -0.788. The van der Waals surface area contributed by atoms with Crippen molar-refractivity contribution in [3.05, 3.63) is 27.3 Å². The van der Waals surface area contributed by atoms with Crippen LogP contribution in [0.1, 0.15) is 16.8 Å². The van der Waals surface area contributed by atoms with E-state index in [0.29, 0.717) is 41.9 Å². The largest absolute Gasteiger partial charge is 0.507 e. The van der Waals surface area contributed by atoms with Gasteiger partial charge >= 0.3 is 5.97 Å². The smallest absolute Gasteiger partial charge is 0.304 e. The van der Waals surface area contributed by atoms with Crippen molar-refractivity contribution in [2.75, 3.05) is 32.7 Å². The Balaban J connectivity index is 1.90. The SMILES string of the molecule is O=C(O)CCN1CCN(C(=O)c2ccc(I)c(O)c2)CC1. The Kier molecular flexibility index (Phi) is 5.40. The van der Waals surface area contributed by atoms with Gasteiger partial charge in [0.2, 0.25) is 0 Å². The lowest BCUT2D eigenvalue weighted by Crippen LogP contribution is -2.49. The molecule has 0 spiro atoms. The number of carbonyl (C=O) groups excluding carboxylic acids is 1. The van der Waals surface area contributed by atoms with E-state index in [2.05, 4.69) is 0 Å². The third kappa shape index (κ3) is 4.31. The highest BCUT2D eigenvalue weighted by Gasteiger charge is 2.22. The van der Waals surface area contributed by atoms with Crippen molar-refractivity contribution in [2.45, 2.75) is 6.42 Å². The van der Waals surface area contributed by atoms with Crippen LogP contribution in [-0.2, 0) is 4.79 Å². The van der Waals surface area contributed by atoms with E-state index < -0.39 is 5.97 Å². The molecule has 1 aromatic rings. The number of hydrogen-bond acceptors (Lipinski definition) is 4. The van der Waals surface area contributed by atoms with E-state index in [0.717, 1.165) is 0 Å². The highest BCUT2D eigenvalue weighted by molar-refractivity contribution is 14.1. The van der Waals surface area contributed by atoms with E-state index in [-0.39, 0.29) is 18.1 Å². The van der Waals surface area contributed by atoms with Crippen LogP contribution in [-0.4, -0.2) is 64.6 Å². The number of carbonyl (C=O) groups is 2. The molecule has 1 aliphatic heterocycles. The van der Waals surface area contributed by atoms with Gasteiger partial charge in [0.05, 0.1) is 9.99 Å². The summed E-state index contributed by atoms with van der Waals surface area (Å²) in [5, 5.41) is 18.3. The molecular formula is C14H17IN2O4. The third-order valence-corrected chi connectivity index (χ3v) is 4.41. The molecular weight excluding hydrogens is 387 g/mol. The molecule has 1 heterocycles. The quantitative estimate of drug-likeness (QED) is 0.739. The molecule has 0 bridgehead atoms. The summed E-state index contributed by atoms with van der Waals surface area (Å²) in [7, 11) is 0. The van der Waals surface area contributed by atoms with Crippen LogP contribution in [0.25, 0.3) is 0 Å². The van der Waals surface area contributed by atoms with Gasteiger partial charge in [-0.2, -0.15) is 0 Å². The lowest BCUT2D eigenvalue weighted by molar-refractivity contribution is -0.137. The van der Waals surface area contributed by atoms with Crippen molar-refractivity contribution >= 4 is 34.5 Å². The average Bonchev–Trinajstić information content (AvgIpc) is 2.48. The van der Waals surface area contributed by atoms with Crippen molar-refractivity contribution in [3.8, 4) is 5.75 Å². The van der Waals surface area contributed by atoms with Crippen LogP contribution >= 0.6 is 22.6 Å². The monoisotopic (exact) mass is 404 g/mol. The van der Waals surface area contributed by atoms with Gasteiger partial charge in [0.15, 0.2) is 0 Å². The van der Waals surface area contributed by atoms with E-state index in [1.807, 2.05) is 27.5 Å². The standard InChI is InChI=1S/C14H17IN2O4/c15-11-2-1-10(9-12(11)18)14(21)17-7-5-16(6-8-17)4-3-13(19)20/h1-2,9,18H,3-8H2,(H,19,20). The minimum Gasteiger partial charge on any atom is -0.507 e. The van der Waals surface area contributed by atoms with Crippen molar-refractivity contribution in [1.82, 2.24) is 9.80 Å². The molecule has 0 unspecified atom stereocenters. The number of phenolic OH excluding ortho intramolecular Hbond substituents is 1. The van der Waals surface area contributed by atoms with Gasteiger partial charge in [-0.1, -0.05) is 0 Å². The van der Waals surface area contributed by atoms with Crippen LogP contribution in [0, 0.1) is 3.57 Å². The first kappa shape index (κ1) is 16.0. The van der Waals surface area contributed by atoms with Crippen LogP contribution in [0.3, 0.4) is 0 Å². The summed E-state index contributed by atoms with van der Waals surface area (Å²) in [6.07, 6.45) is 0.124. The second-order valence-corrected chi connectivity index (χ2v) is 6.11. The van der Waals surface area contributed by atoms with Gasteiger partial charge < -0.3 is 15.1 Å². The Labute approximate surface area is 136 Å². The second kappa shape index (κ2) is 7.08. The molecule has 1 aromatic carbocycles. The molecule has 0 atom stereocenters. The van der Waals surface area contributed by atoms with Crippen molar-refractivity contribution in [2.24, 2.45) is 0 Å². The van der Waals surface area contributed by atoms with E-state index >= 15 is 0 Å². The molecule has 1 aliphatic rings. The van der Waals surface area contributed by atoms with Gasteiger partial charge in [0.1, 0.15) is 5.75 Å². The van der Waals surface area contributed by atoms with Gasteiger partial charge in [-0.05, 0) is 40.8 Å². The third-order valence-electron chi connectivity index (χ3n) is 3.49. The molecule has 0 aromatic heterocycles. The lowest BCUT2D eigenvalue weighted by Gasteiger charge is -2.34. The Morgan fingerprint density at radius 1 is 1.19 bits per heavy atom. The van der Waals surface area contributed by atoms with Crippen molar-refractivity contribution in [1.29, 1.82) is 0 Å². The fraction of sp³-hybridized carbons (Fsp3) is 0.429. The summed E-state index contributed by atoms with van der Waals surface area (Å²) < 4.78 is 0.711. The zero-order chi connectivity index (χ0) is 15.4. The zero-order valence-electron chi connectivity index (χ0n) is 11.5. The molecule has 2 rings (SSSR count). The number of benzene rings is 1. The van der Waals surface area contributed by atoms with Crippen LogP contribution in [0.5, 0.6) is 5.75 Å². The zero-order valence-corrected chi connectivity index (χ0v) is 13.6. The van der Waals surface area contributed by atoms with E-state index in [4.69, 9.17) is 5.11 Å². The van der Waals surface area contributed by atoms with Crippen LogP contribution < -0.4 is 0 Å². The highest BCUT2D eigenvalue weighted by Crippen LogP contribution is 2.21. The van der Waals surface area contributed by atoms with Crippen molar-refractivity contribution < 1.29 is 19.8 Å². The number of aromatic hydroxyl groups is 1. The Bertz CT molecular complexity index is 542. The Morgan fingerprint density at radius 2 is 1.86 bits per heavy atom. The number of phenols is 1. The number of nitrogens with zero attached hydrogens (tertiary/aromatic N) is 2. The molecule has 0 aliphatic carbocycles. The normalized spacial score (nSPS) is 16.0. The van der Waals surface area contributed by atoms with Gasteiger partial charge in [-0.3, -0.25) is 14.5 Å². The Morgan fingerprint density at radius 3 is 2.43 bits per heavy atom. The number of amides is 1. The van der Waals surface area contributed by atoms with Crippen LogP contribution in [0.2, 0.25) is 0 Å². The first-order valence-corrected chi connectivity index (χ1v) is 7.77.